The van der Waals surface area contributed by atoms with E-state index >= 15 is 0 Å². The molecule has 4 nitrogen and oxygen atoms in total. The maximum absolute atomic E-state index is 12.1. The lowest BCUT2D eigenvalue weighted by atomic mass is 9.85. The maximum atomic E-state index is 12.1. The molecule has 3 N–H and O–H groups in total. The Morgan fingerprint density at radius 1 is 1.20 bits per heavy atom. The van der Waals surface area contributed by atoms with Crippen LogP contribution in [-0.2, 0) is 0 Å². The summed E-state index contributed by atoms with van der Waals surface area (Å²) in [5.74, 6) is 1.39. The van der Waals surface area contributed by atoms with Gasteiger partial charge in [0.1, 0.15) is 0 Å². The van der Waals surface area contributed by atoms with Crippen molar-refractivity contribution in [2.75, 3.05) is 12.4 Å². The summed E-state index contributed by atoms with van der Waals surface area (Å²) in [6.45, 7) is 2.37. The van der Waals surface area contributed by atoms with Crippen molar-refractivity contribution in [2.24, 2.45) is 5.92 Å². The standard InChI is InChI=1S/C15H28N2O2S/c1-2-20-13-8-7-12(9-13)16-15(19)17-14-6-4-3-5-11(14)10-18/h11-14,18H,2-10H2,1H3,(H2,16,17,19). The quantitative estimate of drug-likeness (QED) is 0.731. The highest BCUT2D eigenvalue weighted by molar-refractivity contribution is 7.99. The molecule has 2 aliphatic carbocycles. The van der Waals surface area contributed by atoms with E-state index in [1.54, 1.807) is 0 Å². The van der Waals surface area contributed by atoms with E-state index in [4.69, 9.17) is 0 Å². The summed E-state index contributed by atoms with van der Waals surface area (Å²) in [7, 11) is 0. The van der Waals surface area contributed by atoms with Crippen molar-refractivity contribution in [3.63, 3.8) is 0 Å². The minimum Gasteiger partial charge on any atom is -0.396 e. The number of hydrogen-bond donors (Lipinski definition) is 3. The van der Waals surface area contributed by atoms with Gasteiger partial charge in [0, 0.05) is 29.9 Å². The highest BCUT2D eigenvalue weighted by Gasteiger charge is 2.29. The first-order valence-electron chi connectivity index (χ1n) is 8.02. The average Bonchev–Trinajstić information content (AvgIpc) is 2.87. The number of aliphatic hydroxyl groups excluding tert-OH is 1. The highest BCUT2D eigenvalue weighted by Crippen LogP contribution is 2.29. The molecule has 0 bridgehead atoms. The fourth-order valence-corrected chi connectivity index (χ4v) is 4.61. The number of carbonyl (C=O) groups excluding carboxylic acids is 1. The molecule has 2 aliphatic rings. The third-order valence-electron chi connectivity index (χ3n) is 4.58. The van der Waals surface area contributed by atoms with Crippen LogP contribution in [0.3, 0.4) is 0 Å². The molecule has 0 heterocycles. The molecule has 2 rings (SSSR count). The second-order valence-corrected chi connectivity index (χ2v) is 7.62. The first kappa shape index (κ1) is 16.0. The molecule has 0 saturated heterocycles. The smallest absolute Gasteiger partial charge is 0.315 e. The lowest BCUT2D eigenvalue weighted by Gasteiger charge is -2.31. The predicted molar refractivity (Wildman–Crippen MR) is 84.1 cm³/mol. The van der Waals surface area contributed by atoms with Crippen molar-refractivity contribution in [1.29, 1.82) is 0 Å². The zero-order chi connectivity index (χ0) is 14.4. The number of carbonyl (C=O) groups is 1. The molecule has 2 saturated carbocycles. The van der Waals surface area contributed by atoms with Gasteiger partial charge < -0.3 is 15.7 Å². The second-order valence-electron chi connectivity index (χ2n) is 6.04. The average molecular weight is 300 g/mol. The fraction of sp³-hybridized carbons (Fsp3) is 0.933. The van der Waals surface area contributed by atoms with Gasteiger partial charge in [-0.3, -0.25) is 0 Å². The normalized spacial score (nSPS) is 33.9. The van der Waals surface area contributed by atoms with Crippen molar-refractivity contribution >= 4 is 17.8 Å². The molecule has 2 amide bonds. The Morgan fingerprint density at radius 3 is 2.75 bits per heavy atom. The molecule has 0 aromatic rings. The fourth-order valence-electron chi connectivity index (χ4n) is 3.47. The third kappa shape index (κ3) is 4.55. The predicted octanol–water partition coefficient (Wildman–Crippen LogP) is 2.51. The van der Waals surface area contributed by atoms with Crippen molar-refractivity contribution in [1.82, 2.24) is 10.6 Å². The molecule has 0 radical (unpaired) electrons. The lowest BCUT2D eigenvalue weighted by Crippen LogP contribution is -2.49. The summed E-state index contributed by atoms with van der Waals surface area (Å²) in [6.07, 6.45) is 7.76. The molecule has 0 aromatic heterocycles. The van der Waals surface area contributed by atoms with Crippen LogP contribution in [0.2, 0.25) is 0 Å². The van der Waals surface area contributed by atoms with E-state index < -0.39 is 0 Å². The summed E-state index contributed by atoms with van der Waals surface area (Å²) >= 11 is 2.00. The van der Waals surface area contributed by atoms with Crippen molar-refractivity contribution in [2.45, 2.75) is 69.2 Å². The van der Waals surface area contributed by atoms with Gasteiger partial charge in [0.2, 0.25) is 0 Å². The van der Waals surface area contributed by atoms with Crippen LogP contribution in [-0.4, -0.2) is 40.8 Å². The van der Waals surface area contributed by atoms with Gasteiger partial charge in [0.05, 0.1) is 0 Å². The van der Waals surface area contributed by atoms with Crippen LogP contribution in [0.1, 0.15) is 51.9 Å². The van der Waals surface area contributed by atoms with E-state index in [1.807, 2.05) is 11.8 Å². The van der Waals surface area contributed by atoms with Crippen LogP contribution >= 0.6 is 11.8 Å². The van der Waals surface area contributed by atoms with Gasteiger partial charge in [-0.25, -0.2) is 4.79 Å². The molecular weight excluding hydrogens is 272 g/mol. The van der Waals surface area contributed by atoms with Gasteiger partial charge >= 0.3 is 6.03 Å². The molecular formula is C15H28N2O2S. The summed E-state index contributed by atoms with van der Waals surface area (Å²) < 4.78 is 0. The first-order chi connectivity index (χ1) is 9.72. The summed E-state index contributed by atoms with van der Waals surface area (Å²) in [5, 5.41) is 16.3. The molecule has 2 fully saturated rings. The molecule has 20 heavy (non-hydrogen) atoms. The van der Waals surface area contributed by atoms with E-state index in [-0.39, 0.29) is 24.6 Å². The van der Waals surface area contributed by atoms with Crippen LogP contribution in [0.25, 0.3) is 0 Å². The minimum atomic E-state index is -0.0394. The molecule has 5 heteroatoms. The number of nitrogens with one attached hydrogen (secondary N) is 2. The topological polar surface area (TPSA) is 61.4 Å². The van der Waals surface area contributed by atoms with Crippen LogP contribution in [0, 0.1) is 5.92 Å². The minimum absolute atomic E-state index is 0.0394. The molecule has 4 atom stereocenters. The van der Waals surface area contributed by atoms with Crippen LogP contribution in [0.5, 0.6) is 0 Å². The van der Waals surface area contributed by atoms with Crippen molar-refractivity contribution in [3.05, 3.63) is 0 Å². The van der Waals surface area contributed by atoms with Crippen molar-refractivity contribution in [3.8, 4) is 0 Å². The molecule has 4 unspecified atom stereocenters. The lowest BCUT2D eigenvalue weighted by molar-refractivity contribution is 0.153. The Balaban J connectivity index is 1.72. The number of urea groups is 1. The summed E-state index contributed by atoms with van der Waals surface area (Å²) in [5.41, 5.74) is 0. The van der Waals surface area contributed by atoms with E-state index in [2.05, 4.69) is 17.6 Å². The Hall–Kier alpha value is -0.420. The number of hydrogen-bond acceptors (Lipinski definition) is 3. The number of thioether (sulfide) groups is 1. The highest BCUT2D eigenvalue weighted by atomic mass is 32.2. The summed E-state index contributed by atoms with van der Waals surface area (Å²) in [4.78, 5) is 12.1. The number of amides is 2. The zero-order valence-electron chi connectivity index (χ0n) is 12.4. The van der Waals surface area contributed by atoms with Gasteiger partial charge in [-0.05, 0) is 37.9 Å². The number of aliphatic hydroxyl groups is 1. The monoisotopic (exact) mass is 300 g/mol. The summed E-state index contributed by atoms with van der Waals surface area (Å²) in [6, 6.07) is 0.439. The van der Waals surface area contributed by atoms with Gasteiger partial charge in [-0.2, -0.15) is 11.8 Å². The van der Waals surface area contributed by atoms with Gasteiger partial charge in [0.25, 0.3) is 0 Å². The zero-order valence-corrected chi connectivity index (χ0v) is 13.3. The van der Waals surface area contributed by atoms with Crippen molar-refractivity contribution < 1.29 is 9.90 Å². The van der Waals surface area contributed by atoms with E-state index in [0.717, 1.165) is 37.9 Å². The van der Waals surface area contributed by atoms with E-state index in [1.165, 1.54) is 12.8 Å². The maximum Gasteiger partial charge on any atom is 0.315 e. The number of rotatable bonds is 5. The Kier molecular flexibility index (Phi) is 6.49. The second kappa shape index (κ2) is 8.13. The van der Waals surface area contributed by atoms with Gasteiger partial charge in [-0.15, -0.1) is 0 Å². The third-order valence-corrected chi connectivity index (χ3v) is 5.82. The SMILES string of the molecule is CCSC1CCC(NC(=O)NC2CCCCC2CO)C1. The van der Waals surface area contributed by atoms with Gasteiger partial charge in [0.15, 0.2) is 0 Å². The first-order valence-corrected chi connectivity index (χ1v) is 9.07. The van der Waals surface area contributed by atoms with Crippen LogP contribution < -0.4 is 10.6 Å². The largest absolute Gasteiger partial charge is 0.396 e. The molecule has 0 aromatic carbocycles. The van der Waals surface area contributed by atoms with E-state index in [0.29, 0.717) is 11.3 Å². The van der Waals surface area contributed by atoms with Crippen LogP contribution in [0.4, 0.5) is 4.79 Å². The van der Waals surface area contributed by atoms with Gasteiger partial charge in [-0.1, -0.05) is 19.8 Å². The molecule has 0 aliphatic heterocycles. The Morgan fingerprint density at radius 2 is 2.00 bits per heavy atom. The van der Waals surface area contributed by atoms with E-state index in [9.17, 15) is 9.90 Å². The molecule has 116 valence electrons. The Bertz CT molecular complexity index is 314. The Labute approximate surface area is 126 Å². The molecule has 0 spiro atoms. The van der Waals surface area contributed by atoms with Crippen LogP contribution in [0.15, 0.2) is 0 Å².